The summed E-state index contributed by atoms with van der Waals surface area (Å²) in [5.41, 5.74) is 5.09. The Hall–Kier alpha value is 0.298. The van der Waals surface area contributed by atoms with Gasteiger partial charge in [-0.1, -0.05) is 0 Å². The number of hydrogen-bond acceptors (Lipinski definition) is 4. The van der Waals surface area contributed by atoms with E-state index in [1.54, 1.807) is 0 Å². The van der Waals surface area contributed by atoms with Crippen molar-refractivity contribution in [2.45, 2.75) is 6.04 Å². The van der Waals surface area contributed by atoms with Crippen LogP contribution < -0.4 is 5.73 Å². The fourth-order valence-corrected chi connectivity index (χ4v) is 2.19. The average molecular weight is 213 g/mol. The van der Waals surface area contributed by atoms with E-state index in [-0.39, 0.29) is 0 Å². The van der Waals surface area contributed by atoms with Crippen LogP contribution in [0.2, 0.25) is 0 Å². The van der Waals surface area contributed by atoms with Gasteiger partial charge in [-0.25, -0.2) is 0 Å². The summed E-state index contributed by atoms with van der Waals surface area (Å²) in [6.07, 6.45) is 0. The molecule has 0 aromatic carbocycles. The predicted molar refractivity (Wildman–Crippen MR) is 37.4 cm³/mol. The van der Waals surface area contributed by atoms with Crippen LogP contribution >= 0.6 is 10.0 Å². The zero-order valence-corrected chi connectivity index (χ0v) is 7.49. The second kappa shape index (κ2) is 5.11. The van der Waals surface area contributed by atoms with Crippen molar-refractivity contribution in [2.24, 2.45) is 5.73 Å². The molecule has 0 bridgehead atoms. The van der Waals surface area contributed by atoms with Gasteiger partial charge in [0.25, 0.3) is 0 Å². The first-order valence-corrected chi connectivity index (χ1v) is 6.67. The Labute approximate surface area is 62.8 Å². The monoisotopic (exact) mass is 213 g/mol. The zero-order chi connectivity index (χ0) is 7.28. The van der Waals surface area contributed by atoms with E-state index < -0.39 is 26.9 Å². The van der Waals surface area contributed by atoms with Crippen LogP contribution in [0.1, 0.15) is 0 Å². The molecule has 0 fully saturated rings. The molecule has 0 spiro atoms. The molecular weight excluding hydrogens is 205 g/mol. The van der Waals surface area contributed by atoms with Gasteiger partial charge in [-0.05, 0) is 0 Å². The molecule has 0 amide bonds. The molecule has 0 aromatic heterocycles. The molecule has 9 heavy (non-hydrogen) atoms. The normalized spacial score (nSPS) is 14.4. The molecule has 0 aliphatic heterocycles. The first kappa shape index (κ1) is 9.30. The maximum absolute atomic E-state index is 10.00. The molecule has 0 saturated carbocycles. The predicted octanol–water partition coefficient (Wildman–Crippen LogP) is -1.61. The van der Waals surface area contributed by atoms with E-state index in [9.17, 15) is 4.79 Å². The van der Waals surface area contributed by atoms with Gasteiger partial charge in [0.15, 0.2) is 0 Å². The summed E-state index contributed by atoms with van der Waals surface area (Å²) in [4.78, 5) is 10.00. The van der Waals surface area contributed by atoms with Crippen molar-refractivity contribution >= 4 is 30.9 Å². The van der Waals surface area contributed by atoms with Crippen molar-refractivity contribution in [3.05, 3.63) is 0 Å². The first-order valence-electron chi connectivity index (χ1n) is 2.17. The van der Waals surface area contributed by atoms with Crippen molar-refractivity contribution in [1.82, 2.24) is 0 Å². The molecule has 0 radical (unpaired) electrons. The number of carboxylic acid groups (broad SMARTS) is 1. The Bertz CT molecular complexity index is 101. The molecule has 54 valence electrons. The standard InChI is InChI=1S/C3H8AsNO3S/c5-2(3(6)7)1-9-4-8/h2,4,8H,1,5H2,(H,6,7)/t2-/m0/s1. The molecule has 0 aliphatic rings. The van der Waals surface area contributed by atoms with Crippen molar-refractivity contribution in [1.29, 1.82) is 0 Å². The van der Waals surface area contributed by atoms with Crippen LogP contribution in [0.3, 0.4) is 0 Å². The molecule has 4 nitrogen and oxygen atoms in total. The van der Waals surface area contributed by atoms with E-state index in [4.69, 9.17) is 14.9 Å². The fraction of sp³-hybridized carbons (Fsp3) is 0.667. The van der Waals surface area contributed by atoms with Crippen LogP contribution in [0.15, 0.2) is 0 Å². The van der Waals surface area contributed by atoms with Gasteiger partial charge in [-0.2, -0.15) is 0 Å². The quantitative estimate of drug-likeness (QED) is 0.489. The number of carboxylic acids is 1. The number of hydrogen-bond donors (Lipinski definition) is 3. The van der Waals surface area contributed by atoms with Crippen LogP contribution in [0, 0.1) is 0 Å². The Morgan fingerprint density at radius 1 is 1.89 bits per heavy atom. The van der Waals surface area contributed by atoms with Gasteiger partial charge in [0, 0.05) is 0 Å². The third-order valence-electron chi connectivity index (χ3n) is 0.645. The van der Waals surface area contributed by atoms with E-state index in [0.29, 0.717) is 5.75 Å². The maximum atomic E-state index is 10.00. The van der Waals surface area contributed by atoms with E-state index in [1.165, 1.54) is 10.0 Å². The minimum absolute atomic E-state index is 0.311. The number of nitrogens with two attached hydrogens (primary N) is 1. The zero-order valence-electron chi connectivity index (χ0n) is 4.57. The van der Waals surface area contributed by atoms with Crippen LogP contribution in [0.4, 0.5) is 0 Å². The van der Waals surface area contributed by atoms with Gasteiger partial charge in [0.05, 0.1) is 0 Å². The van der Waals surface area contributed by atoms with Crippen LogP contribution in [0.5, 0.6) is 0 Å². The summed E-state index contributed by atoms with van der Waals surface area (Å²) in [5.74, 6) is -0.700. The molecule has 4 N–H and O–H groups in total. The number of aliphatic carboxylic acids is 1. The summed E-state index contributed by atoms with van der Waals surface area (Å²) in [7, 11) is 1.22. The van der Waals surface area contributed by atoms with E-state index in [1.807, 2.05) is 0 Å². The van der Waals surface area contributed by atoms with Crippen LogP contribution in [-0.4, -0.2) is 41.9 Å². The van der Waals surface area contributed by atoms with Crippen molar-refractivity contribution < 1.29 is 14.0 Å². The van der Waals surface area contributed by atoms with Crippen molar-refractivity contribution in [2.75, 3.05) is 5.75 Å². The fourth-order valence-electron chi connectivity index (χ4n) is 0.198. The molecule has 1 unspecified atom stereocenters. The summed E-state index contributed by atoms with van der Waals surface area (Å²) < 4.78 is 8.34. The van der Waals surface area contributed by atoms with Gasteiger partial charge >= 0.3 is 62.5 Å². The SMILES string of the molecule is N[C@@H](CS[AsH]O)C(=O)O. The van der Waals surface area contributed by atoms with E-state index >= 15 is 0 Å². The molecule has 6 heteroatoms. The Morgan fingerprint density at radius 2 is 2.44 bits per heavy atom. The Balaban J connectivity index is 3.27. The Morgan fingerprint density at radius 3 is 2.78 bits per heavy atom. The molecule has 0 aliphatic carbocycles. The topological polar surface area (TPSA) is 83.5 Å². The molecular formula is C3H8AsNO3S. The summed E-state index contributed by atoms with van der Waals surface area (Å²) >= 11 is -0.987. The first-order chi connectivity index (χ1) is 4.18. The van der Waals surface area contributed by atoms with Crippen LogP contribution in [0.25, 0.3) is 0 Å². The van der Waals surface area contributed by atoms with Gasteiger partial charge in [-0.15, -0.1) is 0 Å². The molecule has 2 atom stereocenters. The third kappa shape index (κ3) is 4.78. The third-order valence-corrected chi connectivity index (χ3v) is 3.16. The van der Waals surface area contributed by atoms with Crippen molar-refractivity contribution in [3.63, 3.8) is 0 Å². The van der Waals surface area contributed by atoms with Crippen molar-refractivity contribution in [3.8, 4) is 0 Å². The molecule has 0 aromatic rings. The van der Waals surface area contributed by atoms with Crippen LogP contribution in [-0.2, 0) is 4.79 Å². The summed E-state index contributed by atoms with van der Waals surface area (Å²) in [6.45, 7) is 0. The van der Waals surface area contributed by atoms with E-state index in [0.717, 1.165) is 0 Å². The van der Waals surface area contributed by atoms with Gasteiger partial charge < -0.3 is 0 Å². The van der Waals surface area contributed by atoms with E-state index in [2.05, 4.69) is 0 Å². The Kier molecular flexibility index (Phi) is 5.28. The van der Waals surface area contributed by atoms with Gasteiger partial charge in [0.2, 0.25) is 0 Å². The van der Waals surface area contributed by atoms with Gasteiger partial charge in [0.1, 0.15) is 0 Å². The molecule has 0 saturated heterocycles. The number of rotatable bonds is 4. The second-order valence-electron chi connectivity index (χ2n) is 1.35. The second-order valence-corrected chi connectivity index (χ2v) is 5.12. The summed E-state index contributed by atoms with van der Waals surface area (Å²) in [5, 5.41) is 8.20. The average Bonchev–Trinajstić information content (AvgIpc) is 1.82. The molecule has 0 heterocycles. The minimum atomic E-state index is -1.01. The molecule has 0 rings (SSSR count). The van der Waals surface area contributed by atoms with Gasteiger partial charge in [-0.3, -0.25) is 0 Å². The number of carbonyl (C=O) groups is 1. The summed E-state index contributed by atoms with van der Waals surface area (Å²) in [6, 6.07) is -0.828.